The van der Waals surface area contributed by atoms with E-state index in [1.807, 2.05) is 32.8 Å². The van der Waals surface area contributed by atoms with Crippen LogP contribution in [0.5, 0.6) is 0 Å². The van der Waals surface area contributed by atoms with E-state index in [-0.39, 0.29) is 5.41 Å². The van der Waals surface area contributed by atoms with E-state index < -0.39 is 0 Å². The monoisotopic (exact) mass is 357 g/mol. The molecule has 1 unspecified atom stereocenters. The third-order valence-corrected chi connectivity index (χ3v) is 5.72. The topological polar surface area (TPSA) is 67.5 Å². The zero-order valence-electron chi connectivity index (χ0n) is 16.3. The molecule has 26 heavy (non-hydrogen) atoms. The van der Waals surface area contributed by atoms with Crippen LogP contribution in [0.25, 0.3) is 0 Å². The number of ether oxygens (including phenoxy) is 1. The first kappa shape index (κ1) is 17.4. The summed E-state index contributed by atoms with van der Waals surface area (Å²) in [5.74, 6) is 1.70. The lowest BCUT2D eigenvalue weighted by molar-refractivity contribution is 0.0498. The zero-order valence-corrected chi connectivity index (χ0v) is 16.3. The number of hydrogen-bond donors (Lipinski definition) is 0. The molecule has 0 amide bonds. The molecular formula is C19H27N5O2. The van der Waals surface area contributed by atoms with Crippen LogP contribution in [0.1, 0.15) is 40.4 Å². The molecule has 0 aliphatic carbocycles. The summed E-state index contributed by atoms with van der Waals surface area (Å²) in [7, 11) is 3.98. The van der Waals surface area contributed by atoms with E-state index in [0.29, 0.717) is 6.61 Å². The van der Waals surface area contributed by atoms with Crippen LogP contribution in [0.2, 0.25) is 0 Å². The van der Waals surface area contributed by atoms with Gasteiger partial charge in [-0.1, -0.05) is 5.16 Å². The molecule has 1 spiro atoms. The fourth-order valence-electron chi connectivity index (χ4n) is 4.17. The quantitative estimate of drug-likeness (QED) is 0.833. The Hall–Kier alpha value is -1.99. The van der Waals surface area contributed by atoms with Gasteiger partial charge in [0.2, 0.25) is 5.95 Å². The van der Waals surface area contributed by atoms with Crippen LogP contribution >= 0.6 is 0 Å². The van der Waals surface area contributed by atoms with Crippen LogP contribution in [0.3, 0.4) is 0 Å². The number of aryl methyl sites for hydroxylation is 3. The van der Waals surface area contributed by atoms with Crippen LogP contribution in [-0.4, -0.2) is 53.8 Å². The highest BCUT2D eigenvalue weighted by atomic mass is 16.5. The summed E-state index contributed by atoms with van der Waals surface area (Å²) >= 11 is 0. The Bertz CT molecular complexity index is 812. The van der Waals surface area contributed by atoms with E-state index >= 15 is 0 Å². The highest BCUT2D eigenvalue weighted by molar-refractivity contribution is 5.41. The first-order valence-corrected chi connectivity index (χ1v) is 9.17. The summed E-state index contributed by atoms with van der Waals surface area (Å²) in [6, 6.07) is 0. The standard InChI is InChI=1S/C19H27N5O2/c1-12-16-9-25-11-19(17(16)21-18(20-12)23(4)5)6-7-24(10-19)8-15-13(2)22-26-14(15)3/h6-11H2,1-5H3. The normalized spacial score (nSPS) is 22.8. The number of rotatable bonds is 3. The second-order valence-electron chi connectivity index (χ2n) is 7.87. The number of nitrogens with zero attached hydrogens (tertiary/aromatic N) is 5. The van der Waals surface area contributed by atoms with Gasteiger partial charge >= 0.3 is 0 Å². The van der Waals surface area contributed by atoms with Crippen molar-refractivity contribution in [3.63, 3.8) is 0 Å². The van der Waals surface area contributed by atoms with Crippen molar-refractivity contribution in [2.45, 2.75) is 45.8 Å². The van der Waals surface area contributed by atoms with Crippen molar-refractivity contribution in [3.8, 4) is 0 Å². The predicted molar refractivity (Wildman–Crippen MR) is 98.3 cm³/mol. The van der Waals surface area contributed by atoms with Gasteiger partial charge < -0.3 is 14.2 Å². The lowest BCUT2D eigenvalue weighted by Gasteiger charge is -2.35. The van der Waals surface area contributed by atoms with Crippen LogP contribution in [0, 0.1) is 20.8 Å². The van der Waals surface area contributed by atoms with Crippen molar-refractivity contribution in [2.24, 2.45) is 0 Å². The van der Waals surface area contributed by atoms with E-state index in [9.17, 15) is 0 Å². The molecule has 2 aromatic heterocycles. The zero-order chi connectivity index (χ0) is 18.5. The molecule has 0 N–H and O–H groups in total. The van der Waals surface area contributed by atoms with Gasteiger partial charge in [0.1, 0.15) is 5.76 Å². The Morgan fingerprint density at radius 1 is 1.15 bits per heavy atom. The summed E-state index contributed by atoms with van der Waals surface area (Å²) in [5.41, 5.74) is 5.51. The van der Waals surface area contributed by atoms with Crippen molar-refractivity contribution in [1.82, 2.24) is 20.0 Å². The van der Waals surface area contributed by atoms with Gasteiger partial charge in [0.05, 0.1) is 30.0 Å². The van der Waals surface area contributed by atoms with Crippen molar-refractivity contribution < 1.29 is 9.26 Å². The second-order valence-corrected chi connectivity index (χ2v) is 7.87. The number of hydrogen-bond acceptors (Lipinski definition) is 7. The maximum absolute atomic E-state index is 5.99. The molecule has 0 bridgehead atoms. The molecule has 7 heteroatoms. The summed E-state index contributed by atoms with van der Waals surface area (Å²) in [4.78, 5) is 14.0. The Morgan fingerprint density at radius 3 is 2.65 bits per heavy atom. The van der Waals surface area contributed by atoms with Crippen molar-refractivity contribution in [2.75, 3.05) is 38.7 Å². The van der Waals surface area contributed by atoms with Crippen LogP contribution in [-0.2, 0) is 23.3 Å². The predicted octanol–water partition coefficient (Wildman–Crippen LogP) is 2.13. The summed E-state index contributed by atoms with van der Waals surface area (Å²) < 4.78 is 11.3. The van der Waals surface area contributed by atoms with Gasteiger partial charge in [0.25, 0.3) is 0 Å². The Kier molecular flexibility index (Phi) is 4.23. The largest absolute Gasteiger partial charge is 0.376 e. The fraction of sp³-hybridized carbons (Fsp3) is 0.632. The average Bonchev–Trinajstić information content (AvgIpc) is 3.15. The molecule has 0 saturated carbocycles. The molecule has 2 aliphatic heterocycles. The molecule has 2 aromatic rings. The molecule has 0 aromatic carbocycles. The van der Waals surface area contributed by atoms with Crippen LogP contribution in [0.4, 0.5) is 5.95 Å². The molecular weight excluding hydrogens is 330 g/mol. The minimum Gasteiger partial charge on any atom is -0.376 e. The maximum Gasteiger partial charge on any atom is 0.225 e. The summed E-state index contributed by atoms with van der Waals surface area (Å²) in [6.07, 6.45) is 1.05. The van der Waals surface area contributed by atoms with Crippen molar-refractivity contribution in [3.05, 3.63) is 34.0 Å². The number of aromatic nitrogens is 3. The first-order valence-electron chi connectivity index (χ1n) is 9.17. The molecule has 140 valence electrons. The number of likely N-dealkylation sites (tertiary alicyclic amines) is 1. The van der Waals surface area contributed by atoms with Crippen LogP contribution < -0.4 is 4.90 Å². The van der Waals surface area contributed by atoms with Gasteiger partial charge in [-0.05, 0) is 33.7 Å². The SMILES string of the molecule is Cc1nc(N(C)C)nc2c1COCC21CCN(Cc2c(C)noc2C)C1. The van der Waals surface area contributed by atoms with Gasteiger partial charge in [0, 0.05) is 44.0 Å². The smallest absolute Gasteiger partial charge is 0.225 e. The Balaban J connectivity index is 1.65. The first-order chi connectivity index (χ1) is 12.4. The lowest BCUT2D eigenvalue weighted by atomic mass is 9.80. The lowest BCUT2D eigenvalue weighted by Crippen LogP contribution is -2.41. The summed E-state index contributed by atoms with van der Waals surface area (Å²) in [5, 5.41) is 4.09. The van der Waals surface area contributed by atoms with Gasteiger partial charge in [0.15, 0.2) is 0 Å². The van der Waals surface area contributed by atoms with Gasteiger partial charge in [-0.25, -0.2) is 9.97 Å². The Labute approximate surface area is 154 Å². The van der Waals surface area contributed by atoms with Gasteiger partial charge in [-0.3, -0.25) is 4.90 Å². The molecule has 0 radical (unpaired) electrons. The van der Waals surface area contributed by atoms with Crippen LogP contribution in [0.15, 0.2) is 4.52 Å². The van der Waals surface area contributed by atoms with E-state index in [1.165, 1.54) is 16.8 Å². The highest BCUT2D eigenvalue weighted by Gasteiger charge is 2.45. The van der Waals surface area contributed by atoms with Crippen molar-refractivity contribution >= 4 is 5.95 Å². The number of anilines is 1. The molecule has 7 nitrogen and oxygen atoms in total. The van der Waals surface area contributed by atoms with E-state index in [4.69, 9.17) is 14.2 Å². The molecule has 4 heterocycles. The van der Waals surface area contributed by atoms with Crippen molar-refractivity contribution in [1.29, 1.82) is 0 Å². The minimum absolute atomic E-state index is 0.0506. The summed E-state index contributed by atoms with van der Waals surface area (Å²) in [6.45, 7) is 10.2. The van der Waals surface area contributed by atoms with Gasteiger partial charge in [-0.15, -0.1) is 0 Å². The molecule has 4 rings (SSSR count). The average molecular weight is 357 g/mol. The van der Waals surface area contributed by atoms with E-state index in [2.05, 4.69) is 22.0 Å². The third kappa shape index (κ3) is 2.79. The maximum atomic E-state index is 5.99. The van der Waals surface area contributed by atoms with E-state index in [0.717, 1.165) is 55.8 Å². The third-order valence-electron chi connectivity index (χ3n) is 5.72. The molecule has 1 saturated heterocycles. The Morgan fingerprint density at radius 2 is 1.96 bits per heavy atom. The highest BCUT2D eigenvalue weighted by Crippen LogP contribution is 2.41. The molecule has 1 atom stereocenters. The minimum atomic E-state index is -0.0506. The molecule has 1 fully saturated rings. The van der Waals surface area contributed by atoms with Gasteiger partial charge in [-0.2, -0.15) is 0 Å². The molecule has 2 aliphatic rings. The number of fused-ring (bicyclic) bond motifs is 2. The van der Waals surface area contributed by atoms with E-state index in [1.54, 1.807) is 0 Å². The fourth-order valence-corrected chi connectivity index (χ4v) is 4.17. The second kappa shape index (κ2) is 6.32.